The molecule has 2 aliphatic heterocycles. The molecule has 1 atom stereocenters. The molecule has 0 aromatic rings. The van der Waals surface area contributed by atoms with Gasteiger partial charge in [0.2, 0.25) is 5.91 Å². The lowest BCUT2D eigenvalue weighted by Crippen LogP contribution is -2.48. The van der Waals surface area contributed by atoms with E-state index in [1.807, 2.05) is 6.92 Å². The average Bonchev–Trinajstić information content (AvgIpc) is 2.61. The quantitative estimate of drug-likeness (QED) is 0.551. The normalized spacial score (nSPS) is 21.0. The highest BCUT2D eigenvalue weighted by Gasteiger charge is 2.27. The van der Waals surface area contributed by atoms with Crippen LogP contribution < -0.4 is 16.0 Å². The zero-order valence-electron chi connectivity index (χ0n) is 15.7. The number of hydrogen-bond donors (Lipinski definition) is 3. The topological polar surface area (TPSA) is 99.8 Å². The first kappa shape index (κ1) is 20.2. The Morgan fingerprint density at radius 1 is 1.35 bits per heavy atom. The highest BCUT2D eigenvalue weighted by molar-refractivity contribution is 5.93. The molecule has 2 heterocycles. The van der Waals surface area contributed by atoms with E-state index >= 15 is 0 Å². The van der Waals surface area contributed by atoms with Crippen LogP contribution in [0, 0.1) is 5.92 Å². The molecule has 8 heteroatoms. The number of nitrogens with one attached hydrogen (secondary N) is 3. The van der Waals surface area contributed by atoms with Gasteiger partial charge in [0, 0.05) is 31.8 Å². The predicted octanol–water partition coefficient (Wildman–Crippen LogP) is 0.745. The van der Waals surface area contributed by atoms with Crippen molar-refractivity contribution in [3.63, 3.8) is 0 Å². The molecule has 146 valence electrons. The van der Waals surface area contributed by atoms with Crippen molar-refractivity contribution in [1.82, 2.24) is 20.9 Å². The van der Waals surface area contributed by atoms with E-state index in [9.17, 15) is 14.4 Å². The molecule has 3 N–H and O–H groups in total. The number of likely N-dealkylation sites (tertiary alicyclic amines) is 1. The number of carbonyl (C=O) groups excluding carboxylic acids is 3. The Bertz CT molecular complexity index is 561. The molecule has 0 aromatic carbocycles. The first-order chi connectivity index (χ1) is 12.5. The maximum atomic E-state index is 12.1. The van der Waals surface area contributed by atoms with E-state index < -0.39 is 5.97 Å². The van der Waals surface area contributed by atoms with Crippen LogP contribution in [0.2, 0.25) is 0 Å². The summed E-state index contributed by atoms with van der Waals surface area (Å²) in [6.45, 7) is 7.14. The van der Waals surface area contributed by atoms with Crippen molar-refractivity contribution in [3.8, 4) is 0 Å². The van der Waals surface area contributed by atoms with Gasteiger partial charge in [-0.2, -0.15) is 0 Å². The summed E-state index contributed by atoms with van der Waals surface area (Å²) in [5.41, 5.74) is 1.09. The lowest BCUT2D eigenvalue weighted by atomic mass is 9.97. The SMILES string of the molecule is CCCC(=O)NCC1CCCN(CC2=C(C(=O)OCC)CNC(=O)N2)C1. The first-order valence-electron chi connectivity index (χ1n) is 9.46. The number of rotatable bonds is 8. The van der Waals surface area contributed by atoms with E-state index in [0.717, 1.165) is 32.4 Å². The molecule has 0 spiro atoms. The molecule has 0 saturated carbocycles. The van der Waals surface area contributed by atoms with Crippen molar-refractivity contribution in [2.45, 2.75) is 39.5 Å². The minimum atomic E-state index is -0.393. The van der Waals surface area contributed by atoms with Gasteiger partial charge in [-0.25, -0.2) is 9.59 Å². The molecule has 0 aliphatic carbocycles. The zero-order valence-corrected chi connectivity index (χ0v) is 15.7. The summed E-state index contributed by atoms with van der Waals surface area (Å²) in [6, 6.07) is -0.298. The smallest absolute Gasteiger partial charge is 0.337 e. The summed E-state index contributed by atoms with van der Waals surface area (Å²) in [5, 5.41) is 8.37. The summed E-state index contributed by atoms with van der Waals surface area (Å²) in [7, 11) is 0. The number of piperidine rings is 1. The fraction of sp³-hybridized carbons (Fsp3) is 0.722. The van der Waals surface area contributed by atoms with Crippen molar-refractivity contribution in [3.05, 3.63) is 11.3 Å². The lowest BCUT2D eigenvalue weighted by molar-refractivity contribution is -0.138. The summed E-state index contributed by atoms with van der Waals surface area (Å²) < 4.78 is 5.09. The van der Waals surface area contributed by atoms with Crippen LogP contribution in [0.1, 0.15) is 39.5 Å². The first-order valence-corrected chi connectivity index (χ1v) is 9.46. The summed E-state index contributed by atoms with van der Waals surface area (Å²) in [6.07, 6.45) is 3.51. The molecule has 2 aliphatic rings. The van der Waals surface area contributed by atoms with E-state index in [0.29, 0.717) is 43.3 Å². The number of urea groups is 1. The molecule has 1 unspecified atom stereocenters. The zero-order chi connectivity index (χ0) is 18.9. The van der Waals surface area contributed by atoms with Gasteiger partial charge < -0.3 is 20.7 Å². The van der Waals surface area contributed by atoms with E-state index in [1.54, 1.807) is 6.92 Å². The van der Waals surface area contributed by atoms with Crippen molar-refractivity contribution in [1.29, 1.82) is 0 Å². The summed E-state index contributed by atoms with van der Waals surface area (Å²) in [4.78, 5) is 37.7. The number of esters is 1. The highest BCUT2D eigenvalue weighted by Crippen LogP contribution is 2.18. The predicted molar refractivity (Wildman–Crippen MR) is 97.3 cm³/mol. The molecule has 0 radical (unpaired) electrons. The second-order valence-electron chi connectivity index (χ2n) is 6.78. The maximum absolute atomic E-state index is 12.1. The van der Waals surface area contributed by atoms with Crippen LogP contribution in [0.15, 0.2) is 11.3 Å². The molecule has 2 rings (SSSR count). The van der Waals surface area contributed by atoms with Crippen LogP contribution in [-0.2, 0) is 14.3 Å². The molecular formula is C18H30N4O4. The molecule has 0 aromatic heterocycles. The molecule has 0 bridgehead atoms. The van der Waals surface area contributed by atoms with Gasteiger partial charge >= 0.3 is 12.0 Å². The average molecular weight is 366 g/mol. The molecule has 1 saturated heterocycles. The number of hydrogen-bond acceptors (Lipinski definition) is 5. The third-order valence-electron chi connectivity index (χ3n) is 4.63. The second kappa shape index (κ2) is 10.2. The fourth-order valence-corrected chi connectivity index (χ4v) is 3.34. The maximum Gasteiger partial charge on any atom is 0.337 e. The van der Waals surface area contributed by atoms with Gasteiger partial charge in [-0.05, 0) is 38.6 Å². The summed E-state index contributed by atoms with van der Waals surface area (Å²) >= 11 is 0. The minimum Gasteiger partial charge on any atom is -0.463 e. The standard InChI is InChI=1S/C18H30N4O4/c1-3-6-16(23)19-9-13-7-5-8-22(11-13)12-15-14(17(24)26-4-2)10-20-18(25)21-15/h13H,3-12H2,1-2H3,(H,19,23)(H2,20,21,25). The van der Waals surface area contributed by atoms with Crippen LogP contribution in [0.25, 0.3) is 0 Å². The molecule has 3 amide bonds. The number of nitrogens with zero attached hydrogens (tertiary/aromatic N) is 1. The molecular weight excluding hydrogens is 336 g/mol. The van der Waals surface area contributed by atoms with E-state index in [1.165, 1.54) is 0 Å². The Labute approximate surface area is 154 Å². The highest BCUT2D eigenvalue weighted by atomic mass is 16.5. The Kier molecular flexibility index (Phi) is 7.90. The van der Waals surface area contributed by atoms with E-state index in [-0.39, 0.29) is 18.5 Å². The van der Waals surface area contributed by atoms with Gasteiger partial charge in [-0.15, -0.1) is 0 Å². The van der Waals surface area contributed by atoms with Gasteiger partial charge in [-0.1, -0.05) is 6.92 Å². The Morgan fingerprint density at radius 2 is 2.15 bits per heavy atom. The summed E-state index contributed by atoms with van der Waals surface area (Å²) in [5.74, 6) is 0.0894. The van der Waals surface area contributed by atoms with Crippen molar-refractivity contribution in [2.24, 2.45) is 5.92 Å². The Hall–Kier alpha value is -2.09. The number of amides is 3. The van der Waals surface area contributed by atoms with Gasteiger partial charge in [0.25, 0.3) is 0 Å². The van der Waals surface area contributed by atoms with Crippen molar-refractivity contribution >= 4 is 17.9 Å². The van der Waals surface area contributed by atoms with E-state index in [2.05, 4.69) is 20.9 Å². The van der Waals surface area contributed by atoms with Crippen molar-refractivity contribution in [2.75, 3.05) is 39.3 Å². The fourth-order valence-electron chi connectivity index (χ4n) is 3.34. The Balaban J connectivity index is 1.95. The van der Waals surface area contributed by atoms with Gasteiger partial charge in [0.05, 0.1) is 18.7 Å². The van der Waals surface area contributed by atoms with Crippen LogP contribution in [0.4, 0.5) is 4.79 Å². The monoisotopic (exact) mass is 366 g/mol. The van der Waals surface area contributed by atoms with Crippen LogP contribution in [-0.4, -0.2) is 62.1 Å². The number of carbonyl (C=O) groups is 3. The van der Waals surface area contributed by atoms with E-state index in [4.69, 9.17) is 4.74 Å². The molecule has 8 nitrogen and oxygen atoms in total. The van der Waals surface area contributed by atoms with Gasteiger partial charge in [0.15, 0.2) is 0 Å². The van der Waals surface area contributed by atoms with Gasteiger partial charge in [-0.3, -0.25) is 9.69 Å². The third kappa shape index (κ3) is 6.01. The largest absolute Gasteiger partial charge is 0.463 e. The molecule has 26 heavy (non-hydrogen) atoms. The molecule has 1 fully saturated rings. The lowest BCUT2D eigenvalue weighted by Gasteiger charge is -2.34. The second-order valence-corrected chi connectivity index (χ2v) is 6.78. The minimum absolute atomic E-state index is 0.0996. The van der Waals surface area contributed by atoms with Crippen LogP contribution in [0.3, 0.4) is 0 Å². The third-order valence-corrected chi connectivity index (χ3v) is 4.63. The van der Waals surface area contributed by atoms with Crippen molar-refractivity contribution < 1.29 is 19.1 Å². The van der Waals surface area contributed by atoms with Crippen LogP contribution in [0.5, 0.6) is 0 Å². The van der Waals surface area contributed by atoms with Gasteiger partial charge in [0.1, 0.15) is 0 Å². The Morgan fingerprint density at radius 3 is 2.88 bits per heavy atom. The van der Waals surface area contributed by atoms with Crippen LogP contribution >= 0.6 is 0 Å². The number of ether oxygens (including phenoxy) is 1.